The van der Waals surface area contributed by atoms with Gasteiger partial charge in [0, 0.05) is 32.5 Å². The van der Waals surface area contributed by atoms with Crippen LogP contribution in [0.25, 0.3) is 0 Å². The summed E-state index contributed by atoms with van der Waals surface area (Å²) in [5.74, 6) is 1.87. The van der Waals surface area contributed by atoms with Gasteiger partial charge in [-0.3, -0.25) is 13.9 Å². The van der Waals surface area contributed by atoms with Crippen molar-refractivity contribution >= 4 is 11.7 Å². The summed E-state index contributed by atoms with van der Waals surface area (Å²) in [6.45, 7) is 4.18. The second kappa shape index (κ2) is 7.91. The van der Waals surface area contributed by atoms with Crippen LogP contribution in [0.2, 0.25) is 0 Å². The van der Waals surface area contributed by atoms with Crippen LogP contribution in [-0.4, -0.2) is 38.3 Å². The number of ether oxygens (including phenoxy) is 1. The van der Waals surface area contributed by atoms with Gasteiger partial charge in [-0.1, -0.05) is 0 Å². The van der Waals surface area contributed by atoms with E-state index in [0.29, 0.717) is 54.8 Å². The highest BCUT2D eigenvalue weighted by Gasteiger charge is 2.31. The van der Waals surface area contributed by atoms with Crippen LogP contribution in [0.3, 0.4) is 0 Å². The second-order valence-corrected chi connectivity index (χ2v) is 6.53. The highest BCUT2D eigenvalue weighted by molar-refractivity contribution is 5.84. The predicted molar refractivity (Wildman–Crippen MR) is 98.5 cm³/mol. The van der Waals surface area contributed by atoms with E-state index in [1.165, 1.54) is 4.57 Å². The molecule has 0 saturated heterocycles. The number of rotatable bonds is 6. The first-order valence-electron chi connectivity index (χ1n) is 9.02. The Hall–Kier alpha value is -2.68. The molecule has 1 N–H and O–H groups in total. The normalized spacial score (nSPS) is 16.1. The van der Waals surface area contributed by atoms with Gasteiger partial charge in [0.15, 0.2) is 11.8 Å². The van der Waals surface area contributed by atoms with Crippen molar-refractivity contribution in [1.29, 1.82) is 0 Å². The lowest BCUT2D eigenvalue weighted by molar-refractivity contribution is 0.276. The van der Waals surface area contributed by atoms with Crippen LogP contribution >= 0.6 is 0 Å². The summed E-state index contributed by atoms with van der Waals surface area (Å²) < 4.78 is 13.8. The van der Waals surface area contributed by atoms with E-state index < -0.39 is 5.69 Å². The standard InChI is InChI=1S/C18H24N4O5/c1-4-26-16-12(9-14-19-10-11(2)27-14)8-13-15(20-16)21(3)18(25)22(17(13)24)6-5-7-23/h10,12,23H,4-9H2,1-3H3. The predicted octanol–water partition coefficient (Wildman–Crippen LogP) is 0.707. The molecule has 9 heteroatoms. The average molecular weight is 376 g/mol. The van der Waals surface area contributed by atoms with E-state index in [1.54, 1.807) is 13.2 Å². The van der Waals surface area contributed by atoms with Gasteiger partial charge in [0.2, 0.25) is 0 Å². The van der Waals surface area contributed by atoms with E-state index in [2.05, 4.69) is 9.98 Å². The number of hydrogen-bond acceptors (Lipinski definition) is 7. The lowest BCUT2D eigenvalue weighted by Gasteiger charge is -2.25. The molecule has 146 valence electrons. The van der Waals surface area contributed by atoms with E-state index >= 15 is 0 Å². The SMILES string of the molecule is CCOC1=Nc2c(c(=O)n(CCCO)c(=O)n2C)CC1Cc1ncc(C)o1. The Balaban J connectivity index is 2.05. The zero-order valence-electron chi connectivity index (χ0n) is 15.8. The minimum absolute atomic E-state index is 0.0918. The van der Waals surface area contributed by atoms with Crippen LogP contribution in [0, 0.1) is 12.8 Å². The molecule has 2 aromatic heterocycles. The molecular weight excluding hydrogens is 352 g/mol. The average Bonchev–Trinajstić information content (AvgIpc) is 3.06. The molecule has 3 heterocycles. The first-order chi connectivity index (χ1) is 13.0. The molecule has 0 aromatic carbocycles. The van der Waals surface area contributed by atoms with Crippen LogP contribution in [0.4, 0.5) is 5.82 Å². The van der Waals surface area contributed by atoms with Crippen LogP contribution in [0.15, 0.2) is 25.2 Å². The molecule has 0 fully saturated rings. The van der Waals surface area contributed by atoms with Crippen molar-refractivity contribution in [3.05, 3.63) is 44.2 Å². The van der Waals surface area contributed by atoms with Crippen molar-refractivity contribution in [3.63, 3.8) is 0 Å². The number of aliphatic hydroxyl groups excluding tert-OH is 1. The number of aliphatic imine (C=N–C) groups is 1. The zero-order chi connectivity index (χ0) is 19.6. The number of oxazole rings is 1. The van der Waals surface area contributed by atoms with E-state index in [-0.39, 0.29) is 24.6 Å². The fourth-order valence-corrected chi connectivity index (χ4v) is 3.26. The second-order valence-electron chi connectivity index (χ2n) is 6.53. The molecule has 0 spiro atoms. The van der Waals surface area contributed by atoms with Crippen molar-refractivity contribution in [3.8, 4) is 0 Å². The third kappa shape index (κ3) is 3.73. The van der Waals surface area contributed by atoms with Gasteiger partial charge >= 0.3 is 5.69 Å². The zero-order valence-corrected chi connectivity index (χ0v) is 15.8. The van der Waals surface area contributed by atoms with Gasteiger partial charge in [-0.15, -0.1) is 0 Å². The van der Waals surface area contributed by atoms with Gasteiger partial charge in [0.05, 0.1) is 18.4 Å². The lowest BCUT2D eigenvalue weighted by atomic mass is 9.94. The van der Waals surface area contributed by atoms with Gasteiger partial charge in [0.1, 0.15) is 11.6 Å². The van der Waals surface area contributed by atoms with Gasteiger partial charge in [-0.05, 0) is 26.7 Å². The smallest absolute Gasteiger partial charge is 0.332 e. The molecule has 1 unspecified atom stereocenters. The van der Waals surface area contributed by atoms with E-state index in [4.69, 9.17) is 14.3 Å². The Morgan fingerprint density at radius 2 is 2.19 bits per heavy atom. The number of nitrogens with zero attached hydrogens (tertiary/aromatic N) is 4. The number of aryl methyl sites for hydroxylation is 1. The summed E-state index contributed by atoms with van der Waals surface area (Å²) in [4.78, 5) is 34.1. The van der Waals surface area contributed by atoms with Gasteiger partial charge in [-0.25, -0.2) is 9.78 Å². The van der Waals surface area contributed by atoms with Gasteiger partial charge in [-0.2, -0.15) is 4.99 Å². The molecule has 27 heavy (non-hydrogen) atoms. The first kappa shape index (κ1) is 19.1. The number of hydrogen-bond donors (Lipinski definition) is 1. The molecule has 1 aliphatic heterocycles. The van der Waals surface area contributed by atoms with Crippen LogP contribution in [0.1, 0.15) is 30.6 Å². The van der Waals surface area contributed by atoms with Crippen molar-refractivity contribution in [1.82, 2.24) is 14.1 Å². The maximum Gasteiger partial charge on any atom is 0.332 e. The molecule has 0 amide bonds. The summed E-state index contributed by atoms with van der Waals surface area (Å²) in [6.07, 6.45) is 2.81. The molecule has 0 aliphatic carbocycles. The maximum absolute atomic E-state index is 12.9. The molecular formula is C18H24N4O5. The van der Waals surface area contributed by atoms with Crippen LogP contribution in [0.5, 0.6) is 0 Å². The lowest BCUT2D eigenvalue weighted by Crippen LogP contribution is -2.43. The monoisotopic (exact) mass is 376 g/mol. The van der Waals surface area contributed by atoms with E-state index in [9.17, 15) is 9.59 Å². The fourth-order valence-electron chi connectivity index (χ4n) is 3.26. The minimum atomic E-state index is -0.450. The van der Waals surface area contributed by atoms with Crippen molar-refractivity contribution in [2.24, 2.45) is 18.0 Å². The summed E-state index contributed by atoms with van der Waals surface area (Å²) in [6, 6.07) is 0. The third-order valence-electron chi connectivity index (χ3n) is 4.55. The van der Waals surface area contributed by atoms with Gasteiger partial charge in [0.25, 0.3) is 5.56 Å². The Morgan fingerprint density at radius 3 is 2.81 bits per heavy atom. The molecule has 2 aromatic rings. The quantitative estimate of drug-likeness (QED) is 0.795. The highest BCUT2D eigenvalue weighted by Crippen LogP contribution is 2.27. The summed E-state index contributed by atoms with van der Waals surface area (Å²) in [7, 11) is 1.58. The first-order valence-corrected chi connectivity index (χ1v) is 9.02. The fraction of sp³-hybridized carbons (Fsp3) is 0.556. The van der Waals surface area contributed by atoms with E-state index in [0.717, 1.165) is 4.57 Å². The molecule has 3 rings (SSSR count). The minimum Gasteiger partial charge on any atom is -0.481 e. The molecule has 0 radical (unpaired) electrons. The number of aliphatic hydroxyl groups is 1. The largest absolute Gasteiger partial charge is 0.481 e. The van der Waals surface area contributed by atoms with Crippen molar-refractivity contribution in [2.45, 2.75) is 39.7 Å². The number of aromatic nitrogens is 3. The highest BCUT2D eigenvalue weighted by atomic mass is 16.5. The molecule has 1 aliphatic rings. The summed E-state index contributed by atoms with van der Waals surface area (Å²) in [5.41, 5.74) is -0.352. The maximum atomic E-state index is 12.9. The third-order valence-corrected chi connectivity index (χ3v) is 4.55. The number of fused-ring (bicyclic) bond motifs is 1. The van der Waals surface area contributed by atoms with Crippen LogP contribution in [-0.2, 0) is 31.2 Å². The Bertz CT molecular complexity index is 969. The van der Waals surface area contributed by atoms with Crippen molar-refractivity contribution < 1.29 is 14.3 Å². The summed E-state index contributed by atoms with van der Waals surface area (Å²) in [5, 5.41) is 9.04. The summed E-state index contributed by atoms with van der Waals surface area (Å²) >= 11 is 0. The van der Waals surface area contributed by atoms with Gasteiger partial charge < -0.3 is 14.3 Å². The molecule has 1 atom stereocenters. The van der Waals surface area contributed by atoms with E-state index in [1.807, 2.05) is 13.8 Å². The molecule has 9 nitrogen and oxygen atoms in total. The topological polar surface area (TPSA) is 112 Å². The Morgan fingerprint density at radius 1 is 1.41 bits per heavy atom. The molecule has 0 bridgehead atoms. The van der Waals surface area contributed by atoms with Crippen molar-refractivity contribution in [2.75, 3.05) is 13.2 Å². The Kier molecular flexibility index (Phi) is 5.59. The Labute approximate surface area is 155 Å². The van der Waals surface area contributed by atoms with Crippen LogP contribution < -0.4 is 11.2 Å². The molecule has 0 saturated carbocycles.